The fourth-order valence-corrected chi connectivity index (χ4v) is 2.63. The van der Waals surface area contributed by atoms with Gasteiger partial charge in [0, 0.05) is 19.8 Å². The van der Waals surface area contributed by atoms with Gasteiger partial charge in [-0.15, -0.1) is 0 Å². The minimum atomic E-state index is -0.731. The van der Waals surface area contributed by atoms with Gasteiger partial charge in [-0.1, -0.05) is 12.8 Å². The lowest BCUT2D eigenvalue weighted by atomic mass is 10.0. The van der Waals surface area contributed by atoms with Gasteiger partial charge in [0.05, 0.1) is 24.5 Å². The number of methoxy groups -OCH3 is 1. The summed E-state index contributed by atoms with van der Waals surface area (Å²) in [5.41, 5.74) is -0.258. The molecule has 1 aromatic rings. The van der Waals surface area contributed by atoms with Crippen molar-refractivity contribution in [3.05, 3.63) is 24.0 Å². The maximum atomic E-state index is 12.4. The molecule has 0 unspecified atom stereocenters. The van der Waals surface area contributed by atoms with Gasteiger partial charge in [0.1, 0.15) is 5.75 Å². The summed E-state index contributed by atoms with van der Waals surface area (Å²) in [6.07, 6.45) is 6.66. The second kappa shape index (κ2) is 5.57. The number of likely N-dealkylation sites (N-methyl/N-ethyl adjacent to an activating group) is 1. The van der Waals surface area contributed by atoms with Crippen LogP contribution in [0.25, 0.3) is 0 Å². The molecule has 19 heavy (non-hydrogen) atoms. The standard InChI is InChI=1S/C14H20N2O3/c1-16(10-14(18)6-3-4-7-14)13(17)11-5-8-15-9-12(11)19-2/h5,8-9,18H,3-4,6-7,10H2,1-2H3. The Balaban J connectivity index is 2.10. The van der Waals surface area contributed by atoms with E-state index in [4.69, 9.17) is 4.74 Å². The van der Waals surface area contributed by atoms with E-state index in [1.54, 1.807) is 24.2 Å². The first-order chi connectivity index (χ1) is 9.06. The zero-order valence-electron chi connectivity index (χ0n) is 11.4. The van der Waals surface area contributed by atoms with E-state index in [9.17, 15) is 9.90 Å². The Kier molecular flexibility index (Phi) is 4.04. The summed E-state index contributed by atoms with van der Waals surface area (Å²) < 4.78 is 5.14. The molecule has 1 N–H and O–H groups in total. The summed E-state index contributed by atoms with van der Waals surface area (Å²) in [4.78, 5) is 17.8. The Labute approximate surface area is 113 Å². The number of carbonyl (C=O) groups excluding carboxylic acids is 1. The maximum Gasteiger partial charge on any atom is 0.257 e. The number of pyridine rings is 1. The molecule has 5 heteroatoms. The number of hydrogen-bond donors (Lipinski definition) is 1. The molecular formula is C14H20N2O3. The third-order valence-corrected chi connectivity index (χ3v) is 3.65. The van der Waals surface area contributed by atoms with Crippen molar-refractivity contribution < 1.29 is 14.6 Å². The van der Waals surface area contributed by atoms with Crippen LogP contribution in [0.2, 0.25) is 0 Å². The van der Waals surface area contributed by atoms with Crippen molar-refractivity contribution in [1.29, 1.82) is 0 Å². The van der Waals surface area contributed by atoms with E-state index in [2.05, 4.69) is 4.98 Å². The van der Waals surface area contributed by atoms with E-state index in [0.717, 1.165) is 25.7 Å². The molecule has 104 valence electrons. The van der Waals surface area contributed by atoms with Crippen LogP contribution in [0.1, 0.15) is 36.0 Å². The van der Waals surface area contributed by atoms with Crippen LogP contribution in [-0.2, 0) is 0 Å². The largest absolute Gasteiger partial charge is 0.494 e. The molecule has 1 heterocycles. The first-order valence-corrected chi connectivity index (χ1v) is 6.51. The van der Waals surface area contributed by atoms with E-state index < -0.39 is 5.60 Å². The molecule has 0 bridgehead atoms. The first-order valence-electron chi connectivity index (χ1n) is 6.51. The number of carbonyl (C=O) groups is 1. The summed E-state index contributed by atoms with van der Waals surface area (Å²) >= 11 is 0. The Morgan fingerprint density at radius 1 is 1.53 bits per heavy atom. The number of amides is 1. The SMILES string of the molecule is COc1cnccc1C(=O)N(C)CC1(O)CCCC1. The number of hydrogen-bond acceptors (Lipinski definition) is 4. The molecule has 1 fully saturated rings. The first kappa shape index (κ1) is 13.8. The van der Waals surface area contributed by atoms with Crippen LogP contribution in [0.5, 0.6) is 5.75 Å². The minimum Gasteiger partial charge on any atom is -0.494 e. The van der Waals surface area contributed by atoms with Crippen molar-refractivity contribution in [3.63, 3.8) is 0 Å². The average molecular weight is 264 g/mol. The van der Waals surface area contributed by atoms with Crippen LogP contribution < -0.4 is 4.74 Å². The molecule has 0 saturated heterocycles. The average Bonchev–Trinajstić information content (AvgIpc) is 2.84. The fraction of sp³-hybridized carbons (Fsp3) is 0.571. The highest BCUT2D eigenvalue weighted by atomic mass is 16.5. The Bertz CT molecular complexity index is 456. The Morgan fingerprint density at radius 2 is 2.21 bits per heavy atom. The number of ether oxygens (including phenoxy) is 1. The van der Waals surface area contributed by atoms with Gasteiger partial charge >= 0.3 is 0 Å². The molecule has 1 aliphatic rings. The van der Waals surface area contributed by atoms with Crippen LogP contribution in [0.3, 0.4) is 0 Å². The van der Waals surface area contributed by atoms with Crippen LogP contribution in [0, 0.1) is 0 Å². The zero-order chi connectivity index (χ0) is 13.9. The summed E-state index contributed by atoms with van der Waals surface area (Å²) in [6.45, 7) is 0.358. The molecule has 5 nitrogen and oxygen atoms in total. The molecule has 0 aromatic carbocycles. The maximum absolute atomic E-state index is 12.4. The molecule has 1 saturated carbocycles. The second-order valence-corrected chi connectivity index (χ2v) is 5.17. The number of aromatic nitrogens is 1. The van der Waals surface area contributed by atoms with E-state index in [1.165, 1.54) is 13.3 Å². The van der Waals surface area contributed by atoms with Crippen molar-refractivity contribution in [2.24, 2.45) is 0 Å². The third kappa shape index (κ3) is 3.04. The molecule has 0 spiro atoms. The van der Waals surface area contributed by atoms with Gasteiger partial charge in [-0.25, -0.2) is 0 Å². The quantitative estimate of drug-likeness (QED) is 0.894. The van der Waals surface area contributed by atoms with Crippen LogP contribution in [0.4, 0.5) is 0 Å². The van der Waals surface area contributed by atoms with Crippen LogP contribution in [-0.4, -0.2) is 47.2 Å². The van der Waals surface area contributed by atoms with Gasteiger partial charge in [0.15, 0.2) is 0 Å². The molecule has 0 atom stereocenters. The van der Waals surface area contributed by atoms with Crippen molar-refractivity contribution in [2.45, 2.75) is 31.3 Å². The van der Waals surface area contributed by atoms with Gasteiger partial charge < -0.3 is 14.7 Å². The second-order valence-electron chi connectivity index (χ2n) is 5.17. The third-order valence-electron chi connectivity index (χ3n) is 3.65. The van der Waals surface area contributed by atoms with Gasteiger partial charge in [0.2, 0.25) is 0 Å². The number of nitrogens with zero attached hydrogens (tertiary/aromatic N) is 2. The number of rotatable bonds is 4. The lowest BCUT2D eigenvalue weighted by molar-refractivity contribution is 0.0155. The smallest absolute Gasteiger partial charge is 0.257 e. The number of aliphatic hydroxyl groups is 1. The minimum absolute atomic E-state index is 0.153. The van der Waals surface area contributed by atoms with Crippen molar-refractivity contribution in [3.8, 4) is 5.75 Å². The summed E-state index contributed by atoms with van der Waals surface area (Å²) in [6, 6.07) is 1.64. The van der Waals surface area contributed by atoms with E-state index in [1.807, 2.05) is 0 Å². The van der Waals surface area contributed by atoms with Crippen molar-refractivity contribution in [2.75, 3.05) is 20.7 Å². The Morgan fingerprint density at radius 3 is 2.84 bits per heavy atom. The molecule has 1 aliphatic carbocycles. The molecule has 0 radical (unpaired) electrons. The predicted octanol–water partition coefficient (Wildman–Crippen LogP) is 1.47. The van der Waals surface area contributed by atoms with Crippen molar-refractivity contribution in [1.82, 2.24) is 9.88 Å². The molecule has 2 rings (SSSR count). The molecular weight excluding hydrogens is 244 g/mol. The predicted molar refractivity (Wildman–Crippen MR) is 71.2 cm³/mol. The highest BCUT2D eigenvalue weighted by Gasteiger charge is 2.34. The monoisotopic (exact) mass is 264 g/mol. The van der Waals surface area contributed by atoms with Gasteiger partial charge in [-0.2, -0.15) is 0 Å². The highest BCUT2D eigenvalue weighted by molar-refractivity contribution is 5.96. The molecule has 0 aliphatic heterocycles. The lowest BCUT2D eigenvalue weighted by Crippen LogP contribution is -2.42. The fourth-order valence-electron chi connectivity index (χ4n) is 2.63. The summed E-state index contributed by atoms with van der Waals surface area (Å²) in [7, 11) is 3.22. The zero-order valence-corrected chi connectivity index (χ0v) is 11.4. The van der Waals surface area contributed by atoms with Crippen molar-refractivity contribution >= 4 is 5.91 Å². The highest BCUT2D eigenvalue weighted by Crippen LogP contribution is 2.30. The molecule has 1 amide bonds. The normalized spacial score (nSPS) is 17.2. The van der Waals surface area contributed by atoms with Gasteiger partial charge in [0.25, 0.3) is 5.91 Å². The van der Waals surface area contributed by atoms with E-state index in [0.29, 0.717) is 17.9 Å². The van der Waals surface area contributed by atoms with E-state index >= 15 is 0 Å². The van der Waals surface area contributed by atoms with Crippen LogP contribution in [0.15, 0.2) is 18.5 Å². The molecule has 1 aromatic heterocycles. The topological polar surface area (TPSA) is 62.7 Å². The summed E-state index contributed by atoms with van der Waals surface area (Å²) in [5.74, 6) is 0.303. The van der Waals surface area contributed by atoms with Gasteiger partial charge in [-0.05, 0) is 18.9 Å². The van der Waals surface area contributed by atoms with Gasteiger partial charge in [-0.3, -0.25) is 9.78 Å². The Hall–Kier alpha value is -1.62. The van der Waals surface area contributed by atoms with Crippen LogP contribution >= 0.6 is 0 Å². The summed E-state index contributed by atoms with van der Waals surface area (Å²) in [5, 5.41) is 10.3. The lowest BCUT2D eigenvalue weighted by Gasteiger charge is -2.28. The van der Waals surface area contributed by atoms with E-state index in [-0.39, 0.29) is 5.91 Å².